The molecule has 0 bridgehead atoms. The first-order chi connectivity index (χ1) is 32.1. The van der Waals surface area contributed by atoms with Crippen molar-refractivity contribution in [2.24, 2.45) is 11.3 Å². The number of thiazole rings is 1. The Kier molecular flexibility index (Phi) is 13.7. The molecule has 3 heterocycles. The minimum atomic E-state index is -2.44. The van der Waals surface area contributed by atoms with E-state index in [0.29, 0.717) is 45.3 Å². The zero-order chi connectivity index (χ0) is 47.5. The van der Waals surface area contributed by atoms with Gasteiger partial charge in [-0.3, -0.25) is 9.59 Å². The minimum Gasteiger partial charge on any atom is -0.497 e. The van der Waals surface area contributed by atoms with Crippen LogP contribution in [0.2, 0.25) is 0 Å². The van der Waals surface area contributed by atoms with Crippen LogP contribution in [0.15, 0.2) is 103 Å². The van der Waals surface area contributed by atoms with E-state index in [4.69, 9.17) is 33.7 Å². The number of ether oxygens (including phenoxy) is 5. The van der Waals surface area contributed by atoms with Crippen molar-refractivity contribution in [2.45, 2.75) is 115 Å². The number of fused-ring (bicyclic) bond motifs is 1. The van der Waals surface area contributed by atoms with Crippen LogP contribution in [0.1, 0.15) is 73.1 Å². The zero-order valence-electron chi connectivity index (χ0n) is 38.8. The average Bonchev–Trinajstić information content (AvgIpc) is 3.69. The van der Waals surface area contributed by atoms with Crippen molar-refractivity contribution in [3.63, 3.8) is 0 Å². The van der Waals surface area contributed by atoms with Crippen molar-refractivity contribution in [1.82, 2.24) is 25.5 Å². The zero-order valence-corrected chi connectivity index (χ0v) is 39.6. The molecule has 1 aliphatic heterocycles. The lowest BCUT2D eigenvalue weighted by atomic mass is 9.85. The molecule has 8 rings (SSSR count). The predicted molar refractivity (Wildman–Crippen MR) is 256 cm³/mol. The number of aliphatic hydroxyl groups is 1. The van der Waals surface area contributed by atoms with E-state index in [-0.39, 0.29) is 31.5 Å². The molecule has 3 fully saturated rings. The van der Waals surface area contributed by atoms with Gasteiger partial charge in [0.15, 0.2) is 10.7 Å². The number of likely N-dealkylation sites (tertiary alicyclic amines) is 1. The van der Waals surface area contributed by atoms with E-state index in [1.54, 1.807) is 61.7 Å². The number of benzene rings is 3. The van der Waals surface area contributed by atoms with Crippen molar-refractivity contribution in [1.29, 1.82) is 0 Å². The Bertz CT molecular complexity index is 2520. The summed E-state index contributed by atoms with van der Waals surface area (Å²) in [4.78, 5) is 55.0. The number of anilines is 1. The van der Waals surface area contributed by atoms with Crippen LogP contribution in [-0.2, 0) is 14.3 Å². The number of nitrogens with zero attached hydrogens (tertiary/aromatic N) is 3. The number of pyridine rings is 1. The van der Waals surface area contributed by atoms with Crippen LogP contribution >= 0.6 is 11.3 Å². The van der Waals surface area contributed by atoms with Crippen LogP contribution in [0, 0.1) is 11.3 Å². The van der Waals surface area contributed by atoms with Gasteiger partial charge in [0.25, 0.3) is 0 Å². The summed E-state index contributed by atoms with van der Waals surface area (Å²) in [6.45, 7) is 13.6. The van der Waals surface area contributed by atoms with Gasteiger partial charge >= 0.3 is 12.1 Å². The lowest BCUT2D eigenvalue weighted by Gasteiger charge is -2.39. The van der Waals surface area contributed by atoms with E-state index in [1.165, 1.54) is 16.2 Å². The molecule has 2 saturated carbocycles. The fraction of sp³-hybridized carbons (Fsp3) is 0.431. The Morgan fingerprint density at radius 1 is 0.910 bits per heavy atom. The number of para-hydroxylation sites is 2. The van der Waals surface area contributed by atoms with E-state index in [9.17, 15) is 9.90 Å². The maximum Gasteiger partial charge on any atom is 0.408 e. The Hall–Kier alpha value is -6.39. The van der Waals surface area contributed by atoms with Gasteiger partial charge in [0.1, 0.15) is 53.0 Å². The molecular formula is C51H60N6O9S. The van der Waals surface area contributed by atoms with Gasteiger partial charge in [-0.15, -0.1) is 17.9 Å². The second kappa shape index (κ2) is 19.4. The van der Waals surface area contributed by atoms with E-state index in [0.717, 1.165) is 30.8 Å². The highest BCUT2D eigenvalue weighted by Gasteiger charge is 2.72. The Balaban J connectivity index is 1.15. The third-order valence-electron chi connectivity index (χ3n) is 12.5. The van der Waals surface area contributed by atoms with Crippen LogP contribution in [-0.4, -0.2) is 93.4 Å². The summed E-state index contributed by atoms with van der Waals surface area (Å²) in [6, 6.07) is 22.6. The van der Waals surface area contributed by atoms with Gasteiger partial charge in [-0.1, -0.05) is 63.2 Å². The van der Waals surface area contributed by atoms with E-state index in [1.807, 2.05) is 76.4 Å². The molecule has 5 atom stereocenters. The van der Waals surface area contributed by atoms with Crippen molar-refractivity contribution in [3.8, 4) is 34.4 Å². The molecule has 0 radical (unpaired) electrons. The molecule has 0 spiro atoms. The average molecular weight is 933 g/mol. The number of aromatic nitrogens is 2. The van der Waals surface area contributed by atoms with Crippen molar-refractivity contribution in [3.05, 3.63) is 103 Å². The first-order valence-corrected chi connectivity index (χ1v) is 23.8. The summed E-state index contributed by atoms with van der Waals surface area (Å²) in [5.41, 5.74) is -0.565. The number of amides is 3. The van der Waals surface area contributed by atoms with Crippen LogP contribution in [0.5, 0.6) is 23.0 Å². The number of nitrogens with one attached hydrogen (secondary N) is 3. The highest BCUT2D eigenvalue weighted by Crippen LogP contribution is 2.53. The number of hydrogen-bond acceptors (Lipinski definition) is 13. The second-order valence-corrected chi connectivity index (χ2v) is 19.7. The molecule has 0 unspecified atom stereocenters. The molecule has 4 N–H and O–H groups in total. The predicted octanol–water partition coefficient (Wildman–Crippen LogP) is 8.48. The lowest BCUT2D eigenvalue weighted by molar-refractivity contribution is -0.298. The molecule has 67 heavy (non-hydrogen) atoms. The molecule has 2 aliphatic carbocycles. The minimum absolute atomic E-state index is 0.0273. The molecular weight excluding hydrogens is 873 g/mol. The van der Waals surface area contributed by atoms with E-state index in [2.05, 4.69) is 22.5 Å². The van der Waals surface area contributed by atoms with Crippen molar-refractivity contribution >= 4 is 45.3 Å². The highest BCUT2D eigenvalue weighted by atomic mass is 32.1. The SMILES string of the molecule is C=C[C@@H]1C[C@]1(NC(=O)[C@@H]1C[C@@H](Oc2cc(-c3csc(NC(C)C)n3)nc3cc(OC)ccc23)CN1C(=O)[C@@H](NC(=O)OC1CCCC1)C(C)(C)C)C(O)(Oc1ccccc1)Oc1ccccc1. The van der Waals surface area contributed by atoms with Gasteiger partial charge in [0.05, 0.1) is 24.9 Å². The molecule has 354 valence electrons. The van der Waals surface area contributed by atoms with Crippen LogP contribution in [0.4, 0.5) is 9.93 Å². The Morgan fingerprint density at radius 2 is 1.58 bits per heavy atom. The lowest BCUT2D eigenvalue weighted by Crippen LogP contribution is -2.65. The Morgan fingerprint density at radius 3 is 2.18 bits per heavy atom. The standard InChI is InChI=1S/C51H60N6O9S/c1-8-32-28-50(32,51(61,65-34-19-11-9-12-20-34)66-35-21-13-10-14-22-35)56-45(58)42-26-37(29-57(42)46(59)44(49(4,5)6)55-48(60)64-33-17-15-16-18-33)63-43-27-40(41-30-67-47(54-41)52-31(2)3)53-39-25-36(62-7)23-24-38(39)43/h8-14,19-25,27,30-33,37,42,44,61H,1,15-18,26,28-29H2,2-7H3,(H,52,54)(H,55,60)(H,56,58)/t32-,37-,42+,44-,50-/m1/s1. The Labute approximate surface area is 395 Å². The second-order valence-electron chi connectivity index (χ2n) is 18.9. The van der Waals surface area contributed by atoms with Gasteiger partial charge < -0.3 is 49.6 Å². The van der Waals surface area contributed by atoms with E-state index < -0.39 is 58.9 Å². The van der Waals surface area contributed by atoms with Crippen molar-refractivity contribution in [2.75, 3.05) is 19.0 Å². The molecule has 3 amide bonds. The highest BCUT2D eigenvalue weighted by molar-refractivity contribution is 7.14. The quantitative estimate of drug-likeness (QED) is 0.0516. The first kappa shape index (κ1) is 47.1. The van der Waals surface area contributed by atoms with Gasteiger partial charge in [-0.05, 0) is 87.8 Å². The smallest absolute Gasteiger partial charge is 0.408 e. The summed E-state index contributed by atoms with van der Waals surface area (Å²) in [5, 5.41) is 25.3. The largest absolute Gasteiger partial charge is 0.497 e. The summed E-state index contributed by atoms with van der Waals surface area (Å²) in [5.74, 6) is -2.37. The monoisotopic (exact) mass is 932 g/mol. The number of carbonyl (C=O) groups is 3. The van der Waals surface area contributed by atoms with Gasteiger partial charge in [-0.2, -0.15) is 0 Å². The van der Waals surface area contributed by atoms with Crippen LogP contribution in [0.3, 0.4) is 0 Å². The summed E-state index contributed by atoms with van der Waals surface area (Å²) in [7, 11) is 1.58. The molecule has 2 aromatic heterocycles. The normalized spacial score (nSPS) is 21.1. The van der Waals surface area contributed by atoms with E-state index >= 15 is 9.59 Å². The van der Waals surface area contributed by atoms with Crippen molar-refractivity contribution < 1.29 is 43.2 Å². The number of hydrogen-bond donors (Lipinski definition) is 4. The summed E-state index contributed by atoms with van der Waals surface area (Å²) in [6.07, 6.45) is 3.67. The van der Waals surface area contributed by atoms with Crippen LogP contribution < -0.4 is 34.9 Å². The first-order valence-electron chi connectivity index (χ1n) is 22.9. The molecule has 5 aromatic rings. The number of methoxy groups -OCH3 is 1. The topological polar surface area (TPSA) is 183 Å². The number of rotatable bonds is 17. The molecule has 3 aromatic carbocycles. The van der Waals surface area contributed by atoms with Crippen LogP contribution in [0.25, 0.3) is 22.3 Å². The summed E-state index contributed by atoms with van der Waals surface area (Å²) >= 11 is 1.47. The van der Waals surface area contributed by atoms with Gasteiger partial charge in [0.2, 0.25) is 11.8 Å². The third kappa shape index (κ3) is 10.4. The fourth-order valence-electron chi connectivity index (χ4n) is 8.88. The summed E-state index contributed by atoms with van der Waals surface area (Å²) < 4.78 is 30.8. The maximum atomic E-state index is 15.2. The van der Waals surface area contributed by atoms with Gasteiger partial charge in [0, 0.05) is 41.3 Å². The van der Waals surface area contributed by atoms with Gasteiger partial charge in [-0.25, -0.2) is 14.8 Å². The maximum absolute atomic E-state index is 15.2. The molecule has 16 heteroatoms. The number of alkyl carbamates (subject to hydrolysis) is 1. The molecule has 15 nitrogen and oxygen atoms in total. The molecule has 3 aliphatic rings. The fourth-order valence-corrected chi connectivity index (χ4v) is 9.73. The third-order valence-corrected chi connectivity index (χ3v) is 13.2. The molecule has 1 saturated heterocycles. The number of carbonyl (C=O) groups excluding carboxylic acids is 3.